The van der Waals surface area contributed by atoms with Crippen LogP contribution in [0.15, 0.2) is 22.8 Å². The molecule has 21 heavy (non-hydrogen) atoms. The van der Waals surface area contributed by atoms with E-state index in [1.165, 1.54) is 12.8 Å². The van der Waals surface area contributed by atoms with Crippen LogP contribution >= 0.6 is 15.9 Å². The van der Waals surface area contributed by atoms with Crippen LogP contribution in [0.4, 0.5) is 5.82 Å². The number of carbonyl (C=O) groups is 1. The Balaban J connectivity index is 1.43. The molecule has 0 spiro atoms. The van der Waals surface area contributed by atoms with Crippen molar-refractivity contribution in [3.8, 4) is 0 Å². The highest BCUT2D eigenvalue weighted by atomic mass is 79.9. The average Bonchev–Trinajstić information content (AvgIpc) is 3.32. The van der Waals surface area contributed by atoms with Crippen molar-refractivity contribution in [3.05, 3.63) is 22.8 Å². The summed E-state index contributed by atoms with van der Waals surface area (Å²) < 4.78 is 0.988. The maximum absolute atomic E-state index is 12.1. The SMILES string of the molecule is O=C(CNCC1CC1)N1CCN(c2ccc(Br)cn2)CC1. The molecule has 1 aliphatic heterocycles. The molecule has 5 nitrogen and oxygen atoms in total. The smallest absolute Gasteiger partial charge is 0.236 e. The van der Waals surface area contributed by atoms with Gasteiger partial charge in [0, 0.05) is 36.8 Å². The molecular formula is C15H21BrN4O. The Labute approximate surface area is 133 Å². The summed E-state index contributed by atoms with van der Waals surface area (Å²) in [7, 11) is 0. The molecule has 2 fully saturated rings. The number of nitrogens with zero attached hydrogens (tertiary/aromatic N) is 3. The van der Waals surface area contributed by atoms with E-state index in [1.54, 1.807) is 0 Å². The van der Waals surface area contributed by atoms with Crippen LogP contribution in [0, 0.1) is 5.92 Å². The van der Waals surface area contributed by atoms with E-state index >= 15 is 0 Å². The predicted molar refractivity (Wildman–Crippen MR) is 86.3 cm³/mol. The highest BCUT2D eigenvalue weighted by Gasteiger charge is 2.23. The first-order valence-electron chi connectivity index (χ1n) is 7.57. The van der Waals surface area contributed by atoms with E-state index in [2.05, 4.69) is 31.1 Å². The fourth-order valence-corrected chi connectivity index (χ4v) is 2.79. The normalized spacial score (nSPS) is 18.9. The lowest BCUT2D eigenvalue weighted by Gasteiger charge is -2.35. The molecule has 1 aliphatic carbocycles. The van der Waals surface area contributed by atoms with Crippen LogP contribution in [0.2, 0.25) is 0 Å². The topological polar surface area (TPSA) is 48.5 Å². The predicted octanol–water partition coefficient (Wildman–Crippen LogP) is 1.49. The minimum absolute atomic E-state index is 0.221. The van der Waals surface area contributed by atoms with E-state index in [0.717, 1.165) is 48.9 Å². The van der Waals surface area contributed by atoms with Gasteiger partial charge in [-0.3, -0.25) is 4.79 Å². The first kappa shape index (κ1) is 14.8. The Bertz CT molecular complexity index is 481. The number of rotatable bonds is 5. The second-order valence-electron chi connectivity index (χ2n) is 5.78. The molecule has 0 bridgehead atoms. The van der Waals surface area contributed by atoms with Gasteiger partial charge in [0.25, 0.3) is 0 Å². The van der Waals surface area contributed by atoms with E-state index in [9.17, 15) is 4.79 Å². The zero-order valence-corrected chi connectivity index (χ0v) is 13.7. The highest BCUT2D eigenvalue weighted by Crippen LogP contribution is 2.27. The summed E-state index contributed by atoms with van der Waals surface area (Å²) in [5, 5.41) is 3.27. The molecule has 1 saturated heterocycles. The number of pyridine rings is 1. The summed E-state index contributed by atoms with van der Waals surface area (Å²) >= 11 is 3.40. The maximum Gasteiger partial charge on any atom is 0.236 e. The number of nitrogens with one attached hydrogen (secondary N) is 1. The first-order chi connectivity index (χ1) is 10.2. The molecule has 6 heteroatoms. The summed E-state index contributed by atoms with van der Waals surface area (Å²) in [6.07, 6.45) is 4.45. The first-order valence-corrected chi connectivity index (χ1v) is 8.36. The van der Waals surface area contributed by atoms with Gasteiger partial charge in [0.05, 0.1) is 6.54 Å². The van der Waals surface area contributed by atoms with Crippen LogP contribution < -0.4 is 10.2 Å². The van der Waals surface area contributed by atoms with Gasteiger partial charge in [-0.05, 0) is 53.4 Å². The van der Waals surface area contributed by atoms with E-state index in [0.29, 0.717) is 6.54 Å². The van der Waals surface area contributed by atoms with E-state index < -0.39 is 0 Å². The van der Waals surface area contributed by atoms with Crippen LogP contribution in [-0.4, -0.2) is 55.1 Å². The van der Waals surface area contributed by atoms with Gasteiger partial charge in [-0.25, -0.2) is 4.98 Å². The molecule has 1 amide bonds. The van der Waals surface area contributed by atoms with Crippen molar-refractivity contribution < 1.29 is 4.79 Å². The van der Waals surface area contributed by atoms with Crippen molar-refractivity contribution in [1.82, 2.24) is 15.2 Å². The maximum atomic E-state index is 12.1. The van der Waals surface area contributed by atoms with Gasteiger partial charge in [0.15, 0.2) is 0 Å². The van der Waals surface area contributed by atoms with Crippen LogP contribution in [0.5, 0.6) is 0 Å². The zero-order valence-electron chi connectivity index (χ0n) is 12.1. The minimum atomic E-state index is 0.221. The molecule has 114 valence electrons. The largest absolute Gasteiger partial charge is 0.353 e. The molecule has 1 N–H and O–H groups in total. The summed E-state index contributed by atoms with van der Waals surface area (Å²) in [4.78, 5) is 20.7. The third-order valence-electron chi connectivity index (χ3n) is 4.07. The molecule has 0 radical (unpaired) electrons. The quantitative estimate of drug-likeness (QED) is 0.872. The molecule has 1 aromatic heterocycles. The van der Waals surface area contributed by atoms with Crippen molar-refractivity contribution >= 4 is 27.7 Å². The average molecular weight is 353 g/mol. The Morgan fingerprint density at radius 1 is 1.29 bits per heavy atom. The molecule has 0 atom stereocenters. The number of carbonyl (C=O) groups excluding carboxylic acids is 1. The lowest BCUT2D eigenvalue weighted by Crippen LogP contribution is -2.51. The Morgan fingerprint density at radius 2 is 2.05 bits per heavy atom. The van der Waals surface area contributed by atoms with Gasteiger partial charge in [0.2, 0.25) is 5.91 Å². The standard InChI is InChI=1S/C15H21BrN4O/c16-13-3-4-14(18-10-13)19-5-7-20(8-6-19)15(21)11-17-9-12-1-2-12/h3-4,10,12,17H,1-2,5-9,11H2. The van der Waals surface area contributed by atoms with Gasteiger partial charge in [-0.1, -0.05) is 0 Å². The second kappa shape index (κ2) is 6.75. The molecule has 0 unspecified atom stereocenters. The van der Waals surface area contributed by atoms with Crippen molar-refractivity contribution in [2.24, 2.45) is 5.92 Å². The van der Waals surface area contributed by atoms with Crippen LogP contribution in [0.3, 0.4) is 0 Å². The molecule has 1 aromatic rings. The van der Waals surface area contributed by atoms with E-state index in [1.807, 2.05) is 23.2 Å². The van der Waals surface area contributed by atoms with Crippen molar-refractivity contribution in [3.63, 3.8) is 0 Å². The van der Waals surface area contributed by atoms with Crippen molar-refractivity contribution in [2.45, 2.75) is 12.8 Å². The Hall–Kier alpha value is -1.14. The van der Waals surface area contributed by atoms with Gasteiger partial charge in [-0.2, -0.15) is 0 Å². The van der Waals surface area contributed by atoms with Gasteiger partial charge < -0.3 is 15.1 Å². The van der Waals surface area contributed by atoms with Crippen molar-refractivity contribution in [1.29, 1.82) is 0 Å². The van der Waals surface area contributed by atoms with Crippen LogP contribution in [0.25, 0.3) is 0 Å². The summed E-state index contributed by atoms with van der Waals surface area (Å²) in [6, 6.07) is 4.01. The molecule has 2 aliphatic rings. The van der Waals surface area contributed by atoms with Crippen LogP contribution in [0.1, 0.15) is 12.8 Å². The fourth-order valence-electron chi connectivity index (χ4n) is 2.56. The summed E-state index contributed by atoms with van der Waals surface area (Å²) in [5.41, 5.74) is 0. The Morgan fingerprint density at radius 3 is 2.67 bits per heavy atom. The number of hydrogen-bond acceptors (Lipinski definition) is 4. The second-order valence-corrected chi connectivity index (χ2v) is 6.69. The number of aromatic nitrogens is 1. The van der Waals surface area contributed by atoms with E-state index in [4.69, 9.17) is 0 Å². The molecule has 1 saturated carbocycles. The number of halogens is 1. The number of amides is 1. The van der Waals surface area contributed by atoms with Gasteiger partial charge >= 0.3 is 0 Å². The third kappa shape index (κ3) is 4.17. The zero-order chi connectivity index (χ0) is 14.7. The number of hydrogen-bond donors (Lipinski definition) is 1. The lowest BCUT2D eigenvalue weighted by molar-refractivity contribution is -0.130. The van der Waals surface area contributed by atoms with Gasteiger partial charge in [0.1, 0.15) is 5.82 Å². The monoisotopic (exact) mass is 352 g/mol. The minimum Gasteiger partial charge on any atom is -0.353 e. The molecular weight excluding hydrogens is 332 g/mol. The summed E-state index contributed by atoms with van der Waals surface area (Å²) in [5.74, 6) is 2.02. The number of piperazine rings is 1. The lowest BCUT2D eigenvalue weighted by atomic mass is 10.3. The Kier molecular flexibility index (Phi) is 4.75. The molecule has 0 aromatic carbocycles. The van der Waals surface area contributed by atoms with E-state index in [-0.39, 0.29) is 5.91 Å². The highest BCUT2D eigenvalue weighted by molar-refractivity contribution is 9.10. The molecule has 3 rings (SSSR count). The van der Waals surface area contributed by atoms with Crippen molar-refractivity contribution in [2.75, 3.05) is 44.2 Å². The number of anilines is 1. The van der Waals surface area contributed by atoms with Gasteiger partial charge in [-0.15, -0.1) is 0 Å². The molecule has 2 heterocycles. The third-order valence-corrected chi connectivity index (χ3v) is 4.54. The fraction of sp³-hybridized carbons (Fsp3) is 0.600. The van der Waals surface area contributed by atoms with Crippen LogP contribution in [-0.2, 0) is 4.79 Å². The summed E-state index contributed by atoms with van der Waals surface area (Å²) in [6.45, 7) is 4.73.